The van der Waals surface area contributed by atoms with E-state index in [2.05, 4.69) is 6.92 Å². The molecule has 1 unspecified atom stereocenters. The molecule has 2 heteroatoms. The van der Waals surface area contributed by atoms with Crippen molar-refractivity contribution < 1.29 is 5.11 Å². The molecule has 0 amide bonds. The molecule has 0 spiro atoms. The molecule has 1 rings (SSSR count). The van der Waals surface area contributed by atoms with Crippen LogP contribution >= 0.6 is 0 Å². The molecule has 1 aliphatic rings. The first-order valence-corrected chi connectivity index (χ1v) is 4.56. The normalized spacial score (nSPS) is 24.3. The fourth-order valence-electron chi connectivity index (χ4n) is 1.73. The molecule has 3 N–H and O–H groups in total. The van der Waals surface area contributed by atoms with E-state index in [-0.39, 0.29) is 12.1 Å². The molecule has 66 valence electrons. The first-order chi connectivity index (χ1) is 5.17. The van der Waals surface area contributed by atoms with Gasteiger partial charge in [-0.2, -0.15) is 0 Å². The molecule has 0 aromatic heterocycles. The van der Waals surface area contributed by atoms with Crippen molar-refractivity contribution in [1.29, 1.82) is 0 Å². The minimum atomic E-state index is -0.0129. The molecule has 0 bridgehead atoms. The highest BCUT2D eigenvalue weighted by Crippen LogP contribution is 2.36. The first kappa shape index (κ1) is 9.01. The maximum absolute atomic E-state index is 8.65. The van der Waals surface area contributed by atoms with Gasteiger partial charge in [0.2, 0.25) is 0 Å². The first-order valence-electron chi connectivity index (χ1n) is 4.56. The van der Waals surface area contributed by atoms with E-state index < -0.39 is 0 Å². The predicted molar refractivity (Wildman–Crippen MR) is 46.3 cm³/mol. The second-order valence-corrected chi connectivity index (χ2v) is 3.96. The van der Waals surface area contributed by atoms with Gasteiger partial charge in [-0.3, -0.25) is 0 Å². The molecular weight excluding hydrogens is 138 g/mol. The van der Waals surface area contributed by atoms with E-state index in [1.54, 1.807) is 0 Å². The fraction of sp³-hybridized carbons (Fsp3) is 1.00. The summed E-state index contributed by atoms with van der Waals surface area (Å²) in [6.07, 6.45) is 5.74. The van der Waals surface area contributed by atoms with Crippen molar-refractivity contribution in [3.05, 3.63) is 0 Å². The third-order valence-corrected chi connectivity index (χ3v) is 2.91. The molecular formula is C9H19NO. The predicted octanol–water partition coefficient (Wildman–Crippen LogP) is 1.28. The van der Waals surface area contributed by atoms with Crippen LogP contribution in [0.25, 0.3) is 0 Å². The lowest BCUT2D eigenvalue weighted by Crippen LogP contribution is -2.47. The summed E-state index contributed by atoms with van der Waals surface area (Å²) in [4.78, 5) is 0. The van der Waals surface area contributed by atoms with Crippen molar-refractivity contribution >= 4 is 0 Å². The second kappa shape index (κ2) is 3.55. The van der Waals surface area contributed by atoms with E-state index in [1.165, 1.54) is 19.3 Å². The van der Waals surface area contributed by atoms with Gasteiger partial charge < -0.3 is 10.8 Å². The van der Waals surface area contributed by atoms with Gasteiger partial charge in [-0.25, -0.2) is 0 Å². The fourth-order valence-corrected chi connectivity index (χ4v) is 1.73. The average Bonchev–Trinajstić information content (AvgIpc) is 1.78. The van der Waals surface area contributed by atoms with Crippen LogP contribution in [-0.2, 0) is 0 Å². The van der Waals surface area contributed by atoms with Crippen LogP contribution in [0.1, 0.15) is 39.0 Å². The Bertz CT molecular complexity index is 119. The second-order valence-electron chi connectivity index (χ2n) is 3.96. The van der Waals surface area contributed by atoms with Crippen molar-refractivity contribution in [1.82, 2.24) is 0 Å². The Balaban J connectivity index is 2.25. The van der Waals surface area contributed by atoms with Gasteiger partial charge in [-0.05, 0) is 38.5 Å². The number of hydrogen-bond donors (Lipinski definition) is 2. The maximum atomic E-state index is 8.65. The van der Waals surface area contributed by atoms with E-state index in [4.69, 9.17) is 10.8 Å². The van der Waals surface area contributed by atoms with Gasteiger partial charge in [-0.15, -0.1) is 0 Å². The molecule has 1 fully saturated rings. The van der Waals surface area contributed by atoms with Crippen molar-refractivity contribution in [2.45, 2.75) is 44.6 Å². The van der Waals surface area contributed by atoms with Crippen LogP contribution in [0.2, 0.25) is 0 Å². The maximum Gasteiger partial charge on any atom is 0.0431 e. The summed E-state index contributed by atoms with van der Waals surface area (Å²) in [5.74, 6) is 0.717. The molecule has 0 heterocycles. The quantitative estimate of drug-likeness (QED) is 0.645. The number of aliphatic hydroxyl groups is 1. The van der Waals surface area contributed by atoms with Gasteiger partial charge in [0.05, 0.1) is 0 Å². The number of rotatable bonds is 4. The Morgan fingerprint density at radius 2 is 2.18 bits per heavy atom. The summed E-state index contributed by atoms with van der Waals surface area (Å²) >= 11 is 0. The Morgan fingerprint density at radius 1 is 1.55 bits per heavy atom. The van der Waals surface area contributed by atoms with Crippen molar-refractivity contribution in [3.63, 3.8) is 0 Å². The lowest BCUT2D eigenvalue weighted by Gasteiger charge is -2.40. The third-order valence-electron chi connectivity index (χ3n) is 2.91. The molecule has 2 nitrogen and oxygen atoms in total. The Morgan fingerprint density at radius 3 is 2.55 bits per heavy atom. The lowest BCUT2D eigenvalue weighted by molar-refractivity contribution is 0.158. The van der Waals surface area contributed by atoms with Gasteiger partial charge >= 0.3 is 0 Å². The zero-order chi connectivity index (χ0) is 8.32. The highest BCUT2D eigenvalue weighted by atomic mass is 16.2. The summed E-state index contributed by atoms with van der Waals surface area (Å²) < 4.78 is 0. The summed E-state index contributed by atoms with van der Waals surface area (Å²) in [5.41, 5.74) is 6.08. The molecule has 1 aliphatic carbocycles. The summed E-state index contributed by atoms with van der Waals surface area (Å²) in [6, 6.07) is 0. The van der Waals surface area contributed by atoms with E-state index in [9.17, 15) is 0 Å². The minimum absolute atomic E-state index is 0.0129. The molecule has 0 aliphatic heterocycles. The Hall–Kier alpha value is -0.0800. The largest absolute Gasteiger partial charge is 0.396 e. The highest BCUT2D eigenvalue weighted by molar-refractivity contribution is 4.91. The summed E-state index contributed by atoms with van der Waals surface area (Å²) in [7, 11) is 0. The minimum Gasteiger partial charge on any atom is -0.396 e. The molecule has 0 aromatic rings. The number of nitrogens with two attached hydrogens (primary N) is 1. The van der Waals surface area contributed by atoms with E-state index >= 15 is 0 Å². The molecule has 0 saturated heterocycles. The van der Waals surface area contributed by atoms with E-state index in [1.807, 2.05) is 0 Å². The molecule has 11 heavy (non-hydrogen) atoms. The Kier molecular flexibility index (Phi) is 2.90. The van der Waals surface area contributed by atoms with Gasteiger partial charge in [0.1, 0.15) is 0 Å². The van der Waals surface area contributed by atoms with Gasteiger partial charge in [0.15, 0.2) is 0 Å². The highest BCUT2D eigenvalue weighted by Gasteiger charge is 2.33. The SMILES string of the molecule is CC(N)(CCCO)C1CCC1. The van der Waals surface area contributed by atoms with Gasteiger partial charge in [0.25, 0.3) is 0 Å². The zero-order valence-corrected chi connectivity index (χ0v) is 7.34. The van der Waals surface area contributed by atoms with Crippen LogP contribution in [-0.4, -0.2) is 17.3 Å². The monoisotopic (exact) mass is 157 g/mol. The standard InChI is InChI=1S/C9H19NO/c1-9(10,6-3-7-11)8-4-2-5-8/h8,11H,2-7,10H2,1H3. The van der Waals surface area contributed by atoms with Crippen LogP contribution < -0.4 is 5.73 Å². The third kappa shape index (κ3) is 2.17. The molecule has 1 saturated carbocycles. The molecule has 0 radical (unpaired) electrons. The van der Waals surface area contributed by atoms with Crippen LogP contribution in [0.4, 0.5) is 0 Å². The van der Waals surface area contributed by atoms with Crippen LogP contribution in [0, 0.1) is 5.92 Å². The van der Waals surface area contributed by atoms with Crippen molar-refractivity contribution in [3.8, 4) is 0 Å². The van der Waals surface area contributed by atoms with E-state index in [0.717, 1.165) is 12.8 Å². The average molecular weight is 157 g/mol. The number of aliphatic hydroxyl groups excluding tert-OH is 1. The van der Waals surface area contributed by atoms with Crippen LogP contribution in [0.3, 0.4) is 0 Å². The number of hydrogen-bond acceptors (Lipinski definition) is 2. The van der Waals surface area contributed by atoms with Crippen molar-refractivity contribution in [2.24, 2.45) is 11.7 Å². The van der Waals surface area contributed by atoms with Crippen LogP contribution in [0.15, 0.2) is 0 Å². The lowest BCUT2D eigenvalue weighted by atomic mass is 9.70. The smallest absolute Gasteiger partial charge is 0.0431 e. The van der Waals surface area contributed by atoms with E-state index in [0.29, 0.717) is 5.92 Å². The summed E-state index contributed by atoms with van der Waals surface area (Å²) in [6.45, 7) is 2.39. The Labute approximate surface area is 68.8 Å². The van der Waals surface area contributed by atoms with Gasteiger partial charge in [-0.1, -0.05) is 6.42 Å². The summed E-state index contributed by atoms with van der Waals surface area (Å²) in [5, 5.41) is 8.65. The molecule has 0 aromatic carbocycles. The van der Waals surface area contributed by atoms with Crippen molar-refractivity contribution in [2.75, 3.05) is 6.61 Å². The topological polar surface area (TPSA) is 46.2 Å². The van der Waals surface area contributed by atoms with Crippen LogP contribution in [0.5, 0.6) is 0 Å². The zero-order valence-electron chi connectivity index (χ0n) is 7.34. The van der Waals surface area contributed by atoms with Gasteiger partial charge in [0, 0.05) is 12.1 Å². The molecule has 1 atom stereocenters.